The minimum Gasteiger partial charge on any atom is -0.310 e. The Bertz CT molecular complexity index is 485. The van der Waals surface area contributed by atoms with Crippen LogP contribution in [0.5, 0.6) is 0 Å². The van der Waals surface area contributed by atoms with Crippen LogP contribution in [0.2, 0.25) is 5.02 Å². The lowest BCUT2D eigenvalue weighted by Crippen LogP contribution is -2.32. The summed E-state index contributed by atoms with van der Waals surface area (Å²) in [7, 11) is 0. The fourth-order valence-corrected chi connectivity index (χ4v) is 3.25. The first-order valence-electron chi connectivity index (χ1n) is 7.74. The molecule has 1 fully saturated rings. The predicted octanol–water partition coefficient (Wildman–Crippen LogP) is 4.70. The van der Waals surface area contributed by atoms with Crippen LogP contribution in [0, 0.1) is 16.0 Å². The van der Waals surface area contributed by atoms with E-state index in [9.17, 15) is 10.1 Å². The van der Waals surface area contributed by atoms with E-state index in [0.717, 1.165) is 11.5 Å². The number of nitrogens with one attached hydrogen (secondary N) is 1. The zero-order chi connectivity index (χ0) is 15.2. The summed E-state index contributed by atoms with van der Waals surface area (Å²) >= 11 is 5.83. The fraction of sp³-hybridized carbons (Fsp3) is 0.625. The van der Waals surface area contributed by atoms with Crippen LogP contribution in [0.25, 0.3) is 0 Å². The molecule has 0 bridgehead atoms. The summed E-state index contributed by atoms with van der Waals surface area (Å²) in [4.78, 5) is 10.5. The van der Waals surface area contributed by atoms with Gasteiger partial charge in [-0.15, -0.1) is 0 Å². The third-order valence-electron chi connectivity index (χ3n) is 4.44. The first-order chi connectivity index (χ1) is 10.1. The van der Waals surface area contributed by atoms with Gasteiger partial charge in [0.2, 0.25) is 0 Å². The molecule has 0 saturated heterocycles. The average Bonchev–Trinajstić information content (AvgIpc) is 2.75. The highest BCUT2D eigenvalue weighted by atomic mass is 35.5. The van der Waals surface area contributed by atoms with Crippen molar-refractivity contribution in [1.82, 2.24) is 5.32 Å². The smallest absolute Gasteiger partial charge is 0.288 e. The molecule has 116 valence electrons. The number of hydrogen-bond acceptors (Lipinski definition) is 3. The van der Waals surface area contributed by atoms with Crippen molar-refractivity contribution >= 4 is 17.3 Å². The van der Waals surface area contributed by atoms with Gasteiger partial charge in [0.15, 0.2) is 0 Å². The quantitative estimate of drug-likeness (QED) is 0.487. The molecule has 1 aromatic carbocycles. The summed E-state index contributed by atoms with van der Waals surface area (Å²) in [5, 5.41) is 14.6. The van der Waals surface area contributed by atoms with Crippen LogP contribution in [0.4, 0.5) is 5.69 Å². The number of benzene rings is 1. The molecule has 1 N–H and O–H groups in total. The number of nitrogens with zero attached hydrogens (tertiary/aromatic N) is 1. The largest absolute Gasteiger partial charge is 0.310 e. The zero-order valence-electron chi connectivity index (χ0n) is 12.5. The van der Waals surface area contributed by atoms with E-state index in [0.29, 0.717) is 12.6 Å². The van der Waals surface area contributed by atoms with Gasteiger partial charge < -0.3 is 5.32 Å². The van der Waals surface area contributed by atoms with Crippen molar-refractivity contribution in [3.8, 4) is 0 Å². The molecule has 0 aromatic heterocycles. The third-order valence-corrected chi connectivity index (χ3v) is 4.76. The molecule has 1 aliphatic rings. The maximum Gasteiger partial charge on any atom is 0.288 e. The second kappa shape index (κ2) is 7.76. The number of hydrogen-bond donors (Lipinski definition) is 1. The van der Waals surface area contributed by atoms with E-state index in [4.69, 9.17) is 11.6 Å². The second-order valence-corrected chi connectivity index (χ2v) is 6.37. The molecule has 0 unspecified atom stereocenters. The van der Waals surface area contributed by atoms with Crippen LogP contribution in [-0.4, -0.2) is 11.0 Å². The van der Waals surface area contributed by atoms with Gasteiger partial charge in [-0.25, -0.2) is 0 Å². The molecule has 5 heteroatoms. The van der Waals surface area contributed by atoms with Gasteiger partial charge in [0.25, 0.3) is 5.69 Å². The summed E-state index contributed by atoms with van der Waals surface area (Å²) in [6.07, 6.45) is 7.93. The van der Waals surface area contributed by atoms with E-state index in [-0.39, 0.29) is 10.7 Å². The lowest BCUT2D eigenvalue weighted by molar-refractivity contribution is -0.384. The van der Waals surface area contributed by atoms with Crippen molar-refractivity contribution in [3.63, 3.8) is 0 Å². The molecule has 2 rings (SSSR count). The maximum atomic E-state index is 10.9. The Labute approximate surface area is 131 Å². The Morgan fingerprint density at radius 1 is 1.33 bits per heavy atom. The van der Waals surface area contributed by atoms with Gasteiger partial charge in [0.1, 0.15) is 5.02 Å². The Hall–Kier alpha value is -1.13. The molecular formula is C16H23ClN2O2. The van der Waals surface area contributed by atoms with Crippen LogP contribution in [0.3, 0.4) is 0 Å². The van der Waals surface area contributed by atoms with E-state index in [2.05, 4.69) is 12.2 Å². The van der Waals surface area contributed by atoms with Gasteiger partial charge >= 0.3 is 0 Å². The first kappa shape index (κ1) is 16.2. The minimum atomic E-state index is -0.430. The number of nitro benzene ring substituents is 1. The molecular weight excluding hydrogens is 288 g/mol. The maximum absolute atomic E-state index is 10.9. The lowest BCUT2D eigenvalue weighted by atomic mass is 9.93. The molecule has 0 heterocycles. The van der Waals surface area contributed by atoms with Gasteiger partial charge in [-0.1, -0.05) is 43.4 Å². The summed E-state index contributed by atoms with van der Waals surface area (Å²) in [6.45, 7) is 2.87. The van der Waals surface area contributed by atoms with Crippen molar-refractivity contribution < 1.29 is 4.92 Å². The third kappa shape index (κ3) is 4.68. The van der Waals surface area contributed by atoms with Gasteiger partial charge in [0, 0.05) is 18.7 Å². The molecule has 0 aliphatic heterocycles. The van der Waals surface area contributed by atoms with Crippen molar-refractivity contribution in [1.29, 1.82) is 0 Å². The zero-order valence-corrected chi connectivity index (χ0v) is 13.2. The summed E-state index contributed by atoms with van der Waals surface area (Å²) in [5.41, 5.74) is 0.893. The molecule has 21 heavy (non-hydrogen) atoms. The predicted molar refractivity (Wildman–Crippen MR) is 85.6 cm³/mol. The van der Waals surface area contributed by atoms with E-state index in [1.165, 1.54) is 38.5 Å². The topological polar surface area (TPSA) is 55.2 Å². The summed E-state index contributed by atoms with van der Waals surface area (Å²) < 4.78 is 0. The van der Waals surface area contributed by atoms with Gasteiger partial charge in [-0.2, -0.15) is 0 Å². The fourth-order valence-electron chi connectivity index (χ4n) is 3.06. The first-order valence-corrected chi connectivity index (χ1v) is 8.12. The van der Waals surface area contributed by atoms with Crippen molar-refractivity contribution in [2.24, 2.45) is 5.92 Å². The average molecular weight is 311 g/mol. The molecule has 4 nitrogen and oxygen atoms in total. The molecule has 0 amide bonds. The molecule has 1 aromatic rings. The van der Waals surface area contributed by atoms with Gasteiger partial charge in [-0.3, -0.25) is 10.1 Å². The normalized spacial score (nSPS) is 18.2. The highest BCUT2D eigenvalue weighted by Crippen LogP contribution is 2.27. The standard InChI is InChI=1S/C16H23ClN2O2/c1-12(14-6-4-2-3-5-7-14)18-11-13-8-9-15(17)16(10-13)19(20)21/h8-10,12,14,18H,2-7,11H2,1H3/t12-/m1/s1. The van der Waals surface area contributed by atoms with Crippen LogP contribution < -0.4 is 5.32 Å². The summed E-state index contributed by atoms with van der Waals surface area (Å²) in [6, 6.07) is 5.46. The minimum absolute atomic E-state index is 0.0157. The van der Waals surface area contributed by atoms with Crippen LogP contribution in [0.15, 0.2) is 18.2 Å². The summed E-state index contributed by atoms with van der Waals surface area (Å²) in [5.74, 6) is 0.717. The molecule has 1 saturated carbocycles. The number of rotatable bonds is 5. The molecule has 0 spiro atoms. The van der Waals surface area contributed by atoms with Crippen molar-refractivity contribution in [2.45, 2.75) is 58.0 Å². The van der Waals surface area contributed by atoms with E-state index in [1.807, 2.05) is 6.07 Å². The van der Waals surface area contributed by atoms with Crippen molar-refractivity contribution in [2.75, 3.05) is 0 Å². The molecule has 1 atom stereocenters. The second-order valence-electron chi connectivity index (χ2n) is 5.96. The number of halogens is 1. The monoisotopic (exact) mass is 310 g/mol. The van der Waals surface area contributed by atoms with Crippen LogP contribution in [0.1, 0.15) is 51.0 Å². The van der Waals surface area contributed by atoms with E-state index >= 15 is 0 Å². The highest BCUT2D eigenvalue weighted by molar-refractivity contribution is 6.32. The van der Waals surface area contributed by atoms with Crippen LogP contribution >= 0.6 is 11.6 Å². The molecule has 1 aliphatic carbocycles. The van der Waals surface area contributed by atoms with Gasteiger partial charge in [0.05, 0.1) is 4.92 Å². The van der Waals surface area contributed by atoms with Crippen molar-refractivity contribution in [3.05, 3.63) is 38.9 Å². The Balaban J connectivity index is 1.92. The van der Waals surface area contributed by atoms with Gasteiger partial charge in [-0.05, 0) is 37.3 Å². The Morgan fingerprint density at radius 2 is 2.00 bits per heavy atom. The Kier molecular flexibility index (Phi) is 6.00. The van der Waals surface area contributed by atoms with E-state index < -0.39 is 4.92 Å². The highest BCUT2D eigenvalue weighted by Gasteiger charge is 2.19. The Morgan fingerprint density at radius 3 is 2.62 bits per heavy atom. The lowest BCUT2D eigenvalue weighted by Gasteiger charge is -2.23. The number of nitro groups is 1. The van der Waals surface area contributed by atoms with E-state index in [1.54, 1.807) is 12.1 Å². The molecule has 0 radical (unpaired) electrons. The SMILES string of the molecule is C[C@@H](NCc1ccc(Cl)c([N+](=O)[O-])c1)C1CCCCCC1. The van der Waals surface area contributed by atoms with Crippen LogP contribution in [-0.2, 0) is 6.54 Å².